The first kappa shape index (κ1) is 13.0. The number of hydrogen-bond acceptors (Lipinski definition) is 3. The number of halogens is 1. The Morgan fingerprint density at radius 3 is 2.44 bits per heavy atom. The van der Waals surface area contributed by atoms with Crippen molar-refractivity contribution in [2.75, 3.05) is 14.1 Å². The highest BCUT2D eigenvalue weighted by Gasteiger charge is 2.14. The van der Waals surface area contributed by atoms with Crippen LogP contribution in [-0.2, 0) is 4.79 Å². The normalized spacial score (nSPS) is 12.3. The highest BCUT2D eigenvalue weighted by Crippen LogP contribution is 2.17. The Morgan fingerprint density at radius 2 is 1.94 bits per heavy atom. The van der Waals surface area contributed by atoms with E-state index in [1.54, 1.807) is 26.0 Å². The van der Waals surface area contributed by atoms with Crippen LogP contribution in [0.3, 0.4) is 0 Å². The van der Waals surface area contributed by atoms with E-state index in [-0.39, 0.29) is 5.91 Å². The van der Waals surface area contributed by atoms with Crippen molar-refractivity contribution in [1.29, 1.82) is 0 Å². The van der Waals surface area contributed by atoms with Crippen LogP contribution in [0.1, 0.15) is 6.92 Å². The maximum Gasteiger partial charge on any atom is 0.275 e. The van der Waals surface area contributed by atoms with Crippen molar-refractivity contribution >= 4 is 21.8 Å². The number of ether oxygens (including phenoxy) is 1. The van der Waals surface area contributed by atoms with Gasteiger partial charge in [0.2, 0.25) is 0 Å². The zero-order valence-electron chi connectivity index (χ0n) is 9.53. The molecule has 0 aliphatic rings. The van der Waals surface area contributed by atoms with E-state index in [2.05, 4.69) is 21.4 Å². The zero-order chi connectivity index (χ0) is 12.1. The quantitative estimate of drug-likeness (QED) is 0.859. The van der Waals surface area contributed by atoms with Crippen LogP contribution in [0.5, 0.6) is 5.75 Å². The topological polar surface area (TPSA) is 41.6 Å². The number of hydrazine groups is 1. The molecule has 0 bridgehead atoms. The highest BCUT2D eigenvalue weighted by atomic mass is 79.9. The Morgan fingerprint density at radius 1 is 1.38 bits per heavy atom. The fourth-order valence-corrected chi connectivity index (χ4v) is 1.35. The molecule has 0 spiro atoms. The highest BCUT2D eigenvalue weighted by molar-refractivity contribution is 9.10. The Hall–Kier alpha value is -1.07. The summed E-state index contributed by atoms with van der Waals surface area (Å²) in [6.45, 7) is 1.71. The van der Waals surface area contributed by atoms with Crippen LogP contribution in [0.15, 0.2) is 28.7 Å². The van der Waals surface area contributed by atoms with E-state index in [9.17, 15) is 4.79 Å². The Kier molecular flexibility index (Phi) is 4.76. The van der Waals surface area contributed by atoms with Gasteiger partial charge in [0.25, 0.3) is 5.91 Å². The third-order valence-electron chi connectivity index (χ3n) is 1.83. The van der Waals surface area contributed by atoms with Crippen molar-refractivity contribution in [3.05, 3.63) is 28.7 Å². The molecule has 1 rings (SSSR count). The summed E-state index contributed by atoms with van der Waals surface area (Å²) in [6, 6.07) is 7.35. The van der Waals surface area contributed by atoms with Gasteiger partial charge in [0, 0.05) is 18.6 Å². The van der Waals surface area contributed by atoms with E-state index in [1.165, 1.54) is 0 Å². The SMILES string of the molecule is C[C@H](Oc1ccc(Br)cc1)C(=O)NN(C)C. The third kappa shape index (κ3) is 4.20. The van der Waals surface area contributed by atoms with Gasteiger partial charge in [-0.3, -0.25) is 10.2 Å². The maximum atomic E-state index is 11.5. The molecule has 88 valence electrons. The van der Waals surface area contributed by atoms with Crippen LogP contribution in [-0.4, -0.2) is 31.1 Å². The van der Waals surface area contributed by atoms with E-state index < -0.39 is 6.10 Å². The first-order valence-corrected chi connectivity index (χ1v) is 5.68. The molecule has 1 atom stereocenters. The minimum atomic E-state index is -0.524. The standard InChI is InChI=1S/C11H15BrN2O2/c1-8(11(15)13-14(2)3)16-10-6-4-9(12)5-7-10/h4-8H,1-3H3,(H,13,15)/t8-/m0/s1. The number of carbonyl (C=O) groups excluding carboxylic acids is 1. The monoisotopic (exact) mass is 286 g/mol. The molecule has 0 saturated carbocycles. The average Bonchev–Trinajstić information content (AvgIpc) is 2.20. The molecule has 0 aliphatic heterocycles. The van der Waals surface area contributed by atoms with Crippen LogP contribution in [0, 0.1) is 0 Å². The Labute approximate surface area is 104 Å². The van der Waals surface area contributed by atoms with E-state index >= 15 is 0 Å². The van der Waals surface area contributed by atoms with Crippen molar-refractivity contribution in [2.45, 2.75) is 13.0 Å². The molecule has 0 aliphatic carbocycles. The number of nitrogens with one attached hydrogen (secondary N) is 1. The lowest BCUT2D eigenvalue weighted by Crippen LogP contribution is -2.43. The van der Waals surface area contributed by atoms with Crippen molar-refractivity contribution in [2.24, 2.45) is 0 Å². The molecule has 0 saturated heterocycles. The molecular weight excluding hydrogens is 272 g/mol. The summed E-state index contributed by atoms with van der Waals surface area (Å²) in [5.74, 6) is 0.498. The largest absolute Gasteiger partial charge is 0.481 e. The van der Waals surface area contributed by atoms with E-state index in [4.69, 9.17) is 4.74 Å². The van der Waals surface area contributed by atoms with Gasteiger partial charge in [0.05, 0.1) is 0 Å². The molecule has 16 heavy (non-hydrogen) atoms. The number of hydrogen-bond donors (Lipinski definition) is 1. The Balaban J connectivity index is 2.53. The second-order valence-corrected chi connectivity index (χ2v) is 4.50. The molecule has 1 aromatic rings. The summed E-state index contributed by atoms with van der Waals surface area (Å²) < 4.78 is 6.45. The van der Waals surface area contributed by atoms with E-state index in [1.807, 2.05) is 24.3 Å². The minimum Gasteiger partial charge on any atom is -0.481 e. The van der Waals surface area contributed by atoms with E-state index in [0.717, 1.165) is 4.47 Å². The lowest BCUT2D eigenvalue weighted by atomic mass is 10.3. The smallest absolute Gasteiger partial charge is 0.275 e. The lowest BCUT2D eigenvalue weighted by molar-refractivity contribution is -0.131. The molecule has 0 aromatic heterocycles. The minimum absolute atomic E-state index is 0.173. The summed E-state index contributed by atoms with van der Waals surface area (Å²) in [5.41, 5.74) is 2.63. The summed E-state index contributed by atoms with van der Waals surface area (Å²) in [6.07, 6.45) is -0.524. The third-order valence-corrected chi connectivity index (χ3v) is 2.36. The van der Waals surface area contributed by atoms with Crippen LogP contribution in [0.25, 0.3) is 0 Å². The van der Waals surface area contributed by atoms with Crippen LogP contribution in [0.2, 0.25) is 0 Å². The van der Waals surface area contributed by atoms with Crippen molar-refractivity contribution < 1.29 is 9.53 Å². The predicted molar refractivity (Wildman–Crippen MR) is 66.1 cm³/mol. The average molecular weight is 287 g/mol. The molecule has 1 N–H and O–H groups in total. The van der Waals surface area contributed by atoms with Gasteiger partial charge >= 0.3 is 0 Å². The van der Waals surface area contributed by atoms with Gasteiger partial charge in [0.1, 0.15) is 5.75 Å². The number of rotatable bonds is 4. The Bertz CT molecular complexity index is 352. The first-order chi connectivity index (χ1) is 7.49. The first-order valence-electron chi connectivity index (χ1n) is 4.89. The lowest BCUT2D eigenvalue weighted by Gasteiger charge is -2.17. The van der Waals surface area contributed by atoms with Crippen LogP contribution in [0.4, 0.5) is 0 Å². The zero-order valence-corrected chi connectivity index (χ0v) is 11.1. The van der Waals surface area contributed by atoms with Gasteiger partial charge in [0.15, 0.2) is 6.10 Å². The van der Waals surface area contributed by atoms with Gasteiger partial charge in [-0.05, 0) is 31.2 Å². The molecule has 0 unspecified atom stereocenters. The molecule has 1 aromatic carbocycles. The number of amides is 1. The summed E-state index contributed by atoms with van der Waals surface area (Å²) >= 11 is 3.33. The van der Waals surface area contributed by atoms with Crippen molar-refractivity contribution in [3.8, 4) is 5.75 Å². The molecule has 0 heterocycles. The second-order valence-electron chi connectivity index (χ2n) is 3.58. The van der Waals surface area contributed by atoms with Crippen molar-refractivity contribution in [3.63, 3.8) is 0 Å². The van der Waals surface area contributed by atoms with Gasteiger partial charge in [-0.25, -0.2) is 5.01 Å². The summed E-state index contributed by atoms with van der Waals surface area (Å²) in [4.78, 5) is 11.5. The van der Waals surface area contributed by atoms with Gasteiger partial charge in [-0.2, -0.15) is 0 Å². The van der Waals surface area contributed by atoms with Gasteiger partial charge in [-0.1, -0.05) is 15.9 Å². The fraction of sp³-hybridized carbons (Fsp3) is 0.364. The van der Waals surface area contributed by atoms with E-state index in [0.29, 0.717) is 5.75 Å². The molecule has 0 fully saturated rings. The molecule has 1 amide bonds. The summed E-state index contributed by atoms with van der Waals surface area (Å²) in [7, 11) is 3.51. The van der Waals surface area contributed by atoms with Crippen LogP contribution >= 0.6 is 15.9 Å². The van der Waals surface area contributed by atoms with Crippen LogP contribution < -0.4 is 10.2 Å². The predicted octanol–water partition coefficient (Wildman–Crippen LogP) is 1.81. The summed E-state index contributed by atoms with van der Waals surface area (Å²) in [5, 5.41) is 1.59. The van der Waals surface area contributed by atoms with Crippen molar-refractivity contribution in [1.82, 2.24) is 10.4 Å². The molecule has 4 nitrogen and oxygen atoms in total. The molecule has 0 radical (unpaired) electrons. The second kappa shape index (κ2) is 5.86. The fourth-order valence-electron chi connectivity index (χ4n) is 1.08. The van der Waals surface area contributed by atoms with Gasteiger partial charge in [-0.15, -0.1) is 0 Å². The maximum absolute atomic E-state index is 11.5. The molecular formula is C11H15BrN2O2. The molecule has 5 heteroatoms. The van der Waals surface area contributed by atoms with Gasteiger partial charge < -0.3 is 4.74 Å². The number of carbonyl (C=O) groups is 1. The number of nitrogens with zero attached hydrogens (tertiary/aromatic N) is 1. The number of benzene rings is 1.